The smallest absolute Gasteiger partial charge is 0.0236 e. The van der Waals surface area contributed by atoms with Crippen molar-refractivity contribution in [3.05, 3.63) is 34.3 Å². The molecule has 0 spiro atoms. The quantitative estimate of drug-likeness (QED) is 0.912. The van der Waals surface area contributed by atoms with Gasteiger partial charge in [-0.15, -0.1) is 0 Å². The molecule has 1 aromatic carbocycles. The highest BCUT2D eigenvalue weighted by Crippen LogP contribution is 2.23. The van der Waals surface area contributed by atoms with Crippen LogP contribution in [0.4, 0.5) is 0 Å². The summed E-state index contributed by atoms with van der Waals surface area (Å²) in [6.45, 7) is 3.65. The van der Waals surface area contributed by atoms with Crippen LogP contribution in [0, 0.1) is 0 Å². The summed E-state index contributed by atoms with van der Waals surface area (Å²) in [5.41, 5.74) is 1.44. The summed E-state index contributed by atoms with van der Waals surface area (Å²) in [4.78, 5) is 2.64. The fourth-order valence-corrected chi connectivity index (χ4v) is 3.33. The number of rotatable bonds is 3. The molecule has 2 unspecified atom stereocenters. The van der Waals surface area contributed by atoms with Crippen molar-refractivity contribution in [3.8, 4) is 0 Å². The van der Waals surface area contributed by atoms with E-state index in [1.807, 2.05) is 0 Å². The molecule has 3 rings (SSSR count). The van der Waals surface area contributed by atoms with Gasteiger partial charge >= 0.3 is 0 Å². The largest absolute Gasteiger partial charge is 0.311 e. The molecule has 86 valence electrons. The maximum absolute atomic E-state index is 3.54. The van der Waals surface area contributed by atoms with E-state index < -0.39 is 0 Å². The Hall–Kier alpha value is -0.380. The second-order valence-electron chi connectivity index (χ2n) is 4.87. The Morgan fingerprint density at radius 3 is 3.06 bits per heavy atom. The Morgan fingerprint density at radius 2 is 2.38 bits per heavy atom. The molecule has 1 N–H and O–H groups in total. The van der Waals surface area contributed by atoms with Crippen LogP contribution in [0.1, 0.15) is 12.0 Å². The van der Waals surface area contributed by atoms with Gasteiger partial charge in [-0.1, -0.05) is 28.1 Å². The number of halogens is 1. The summed E-state index contributed by atoms with van der Waals surface area (Å²) in [6.07, 6.45) is 2.53. The number of nitrogens with zero attached hydrogens (tertiary/aromatic N) is 1. The monoisotopic (exact) mass is 280 g/mol. The molecule has 2 bridgehead atoms. The molecule has 0 saturated carbocycles. The molecule has 16 heavy (non-hydrogen) atoms. The van der Waals surface area contributed by atoms with Gasteiger partial charge in [0.2, 0.25) is 0 Å². The van der Waals surface area contributed by atoms with Crippen molar-refractivity contribution in [2.75, 3.05) is 19.6 Å². The first-order valence-corrected chi connectivity index (χ1v) is 6.82. The van der Waals surface area contributed by atoms with Crippen molar-refractivity contribution in [3.63, 3.8) is 0 Å². The van der Waals surface area contributed by atoms with Crippen molar-refractivity contribution in [2.45, 2.75) is 24.9 Å². The minimum atomic E-state index is 0.771. The Balaban J connectivity index is 1.57. The third-order valence-corrected chi connectivity index (χ3v) is 4.24. The van der Waals surface area contributed by atoms with Gasteiger partial charge in [-0.3, -0.25) is 4.90 Å². The van der Waals surface area contributed by atoms with E-state index in [2.05, 4.69) is 50.4 Å². The van der Waals surface area contributed by atoms with Gasteiger partial charge in [0.05, 0.1) is 0 Å². The summed E-state index contributed by atoms with van der Waals surface area (Å²) in [7, 11) is 0. The first-order valence-electron chi connectivity index (χ1n) is 6.03. The predicted octanol–water partition coefficient (Wildman–Crippen LogP) is 2.04. The Bertz CT molecular complexity index is 380. The molecule has 0 aliphatic carbocycles. The van der Waals surface area contributed by atoms with Crippen LogP contribution in [0.5, 0.6) is 0 Å². The van der Waals surface area contributed by atoms with Crippen LogP contribution in [-0.4, -0.2) is 36.6 Å². The zero-order valence-corrected chi connectivity index (χ0v) is 10.9. The van der Waals surface area contributed by atoms with Crippen molar-refractivity contribution in [2.24, 2.45) is 0 Å². The fourth-order valence-electron chi connectivity index (χ4n) is 2.89. The standard InChI is InChI=1S/C13H17BrN2/c14-11-3-1-2-10(6-11)4-5-16-9-12-7-13(16)8-15-12/h1-3,6,12-13,15H,4-5,7-9H2. The van der Waals surface area contributed by atoms with Gasteiger partial charge in [-0.25, -0.2) is 0 Å². The molecule has 0 radical (unpaired) electrons. The number of likely N-dealkylation sites (tertiary alicyclic amines) is 1. The van der Waals surface area contributed by atoms with Gasteiger partial charge in [-0.05, 0) is 30.5 Å². The van der Waals surface area contributed by atoms with Crippen LogP contribution in [0.15, 0.2) is 28.7 Å². The van der Waals surface area contributed by atoms with Crippen LogP contribution in [-0.2, 0) is 6.42 Å². The lowest BCUT2D eigenvalue weighted by molar-refractivity contribution is 0.229. The van der Waals surface area contributed by atoms with Gasteiger partial charge in [0.1, 0.15) is 0 Å². The van der Waals surface area contributed by atoms with E-state index in [1.165, 1.54) is 42.5 Å². The average Bonchev–Trinajstić information content (AvgIpc) is 2.88. The van der Waals surface area contributed by atoms with Crippen molar-refractivity contribution in [1.29, 1.82) is 0 Å². The lowest BCUT2D eigenvalue weighted by Gasteiger charge is -2.27. The van der Waals surface area contributed by atoms with E-state index in [-0.39, 0.29) is 0 Å². The zero-order valence-electron chi connectivity index (χ0n) is 9.32. The topological polar surface area (TPSA) is 15.3 Å². The van der Waals surface area contributed by atoms with Crippen molar-refractivity contribution < 1.29 is 0 Å². The van der Waals surface area contributed by atoms with E-state index in [4.69, 9.17) is 0 Å². The van der Waals surface area contributed by atoms with Gasteiger partial charge in [0, 0.05) is 36.2 Å². The summed E-state index contributed by atoms with van der Waals surface area (Å²) < 4.78 is 1.19. The van der Waals surface area contributed by atoms with E-state index in [0.717, 1.165) is 12.1 Å². The van der Waals surface area contributed by atoms with Gasteiger partial charge in [-0.2, -0.15) is 0 Å². The molecule has 0 aromatic heterocycles. The SMILES string of the molecule is Brc1cccc(CCN2CC3CC2CN3)c1. The molecule has 2 aliphatic rings. The number of hydrogen-bond donors (Lipinski definition) is 1. The molecule has 3 heteroatoms. The summed E-state index contributed by atoms with van der Waals surface area (Å²) >= 11 is 3.52. The lowest BCUT2D eigenvalue weighted by atomic mass is 10.1. The lowest BCUT2D eigenvalue weighted by Crippen LogP contribution is -2.44. The molecular formula is C13H17BrN2. The minimum Gasteiger partial charge on any atom is -0.311 e. The highest BCUT2D eigenvalue weighted by atomic mass is 79.9. The molecule has 0 amide bonds. The van der Waals surface area contributed by atoms with Crippen LogP contribution >= 0.6 is 15.9 Å². The Kier molecular flexibility index (Phi) is 3.01. The molecular weight excluding hydrogens is 264 g/mol. The maximum atomic E-state index is 3.54. The third kappa shape index (κ3) is 2.17. The second kappa shape index (κ2) is 4.47. The fraction of sp³-hybridized carbons (Fsp3) is 0.538. The summed E-state index contributed by atoms with van der Waals surface area (Å²) in [6, 6.07) is 10.2. The molecule has 2 heterocycles. The number of benzene rings is 1. The Morgan fingerprint density at radius 1 is 1.44 bits per heavy atom. The molecule has 2 saturated heterocycles. The highest BCUT2D eigenvalue weighted by molar-refractivity contribution is 9.10. The van der Waals surface area contributed by atoms with Crippen LogP contribution in [0.25, 0.3) is 0 Å². The molecule has 2 aliphatic heterocycles. The number of hydrogen-bond acceptors (Lipinski definition) is 2. The van der Waals surface area contributed by atoms with Crippen LogP contribution in [0.2, 0.25) is 0 Å². The maximum Gasteiger partial charge on any atom is 0.0236 e. The second-order valence-corrected chi connectivity index (χ2v) is 5.79. The Labute approximate surface area is 105 Å². The first-order chi connectivity index (χ1) is 7.81. The highest BCUT2D eigenvalue weighted by Gasteiger charge is 2.36. The number of nitrogens with one attached hydrogen (secondary N) is 1. The van der Waals surface area contributed by atoms with Crippen molar-refractivity contribution >= 4 is 15.9 Å². The predicted molar refractivity (Wildman–Crippen MR) is 69.6 cm³/mol. The van der Waals surface area contributed by atoms with Gasteiger partial charge in [0.25, 0.3) is 0 Å². The molecule has 2 nitrogen and oxygen atoms in total. The van der Waals surface area contributed by atoms with Gasteiger partial charge in [0.15, 0.2) is 0 Å². The van der Waals surface area contributed by atoms with E-state index >= 15 is 0 Å². The van der Waals surface area contributed by atoms with Crippen LogP contribution in [0.3, 0.4) is 0 Å². The zero-order chi connectivity index (χ0) is 11.0. The number of piperazine rings is 1. The normalized spacial score (nSPS) is 28.8. The molecule has 2 fully saturated rings. The van der Waals surface area contributed by atoms with E-state index in [9.17, 15) is 0 Å². The molecule has 2 atom stereocenters. The van der Waals surface area contributed by atoms with Gasteiger partial charge < -0.3 is 5.32 Å². The number of fused-ring (bicyclic) bond motifs is 2. The minimum absolute atomic E-state index is 0.771. The molecule has 1 aromatic rings. The van der Waals surface area contributed by atoms with Crippen molar-refractivity contribution in [1.82, 2.24) is 10.2 Å². The van der Waals surface area contributed by atoms with Crippen LogP contribution < -0.4 is 5.32 Å². The van der Waals surface area contributed by atoms with E-state index in [1.54, 1.807) is 0 Å². The first kappa shape index (κ1) is 10.8. The third-order valence-electron chi connectivity index (χ3n) is 3.75. The summed E-state index contributed by atoms with van der Waals surface area (Å²) in [5.74, 6) is 0. The van der Waals surface area contributed by atoms with E-state index in [0.29, 0.717) is 0 Å². The average molecular weight is 281 g/mol. The summed E-state index contributed by atoms with van der Waals surface area (Å²) in [5, 5.41) is 3.54.